The summed E-state index contributed by atoms with van der Waals surface area (Å²) < 4.78 is 4.76. The maximum absolute atomic E-state index is 12.3. The number of benzene rings is 1. The number of amides is 1. The lowest BCUT2D eigenvalue weighted by atomic mass is 10.1. The number of hydrogen-bond donors (Lipinski definition) is 1. The Labute approximate surface area is 167 Å². The van der Waals surface area contributed by atoms with Crippen LogP contribution in [0.15, 0.2) is 24.3 Å². The van der Waals surface area contributed by atoms with Crippen LogP contribution in [-0.4, -0.2) is 38.0 Å². The van der Waals surface area contributed by atoms with Crippen molar-refractivity contribution in [1.82, 2.24) is 5.32 Å². The molecule has 1 rings (SSSR count). The predicted molar refractivity (Wildman–Crippen MR) is 110 cm³/mol. The van der Waals surface area contributed by atoms with Crippen LogP contribution in [0.25, 0.3) is 0 Å². The van der Waals surface area contributed by atoms with Crippen LogP contribution in [0, 0.1) is 21.6 Å². The second-order valence-corrected chi connectivity index (χ2v) is 13.1. The van der Waals surface area contributed by atoms with E-state index in [9.17, 15) is 19.7 Å². The van der Waals surface area contributed by atoms with E-state index in [-0.39, 0.29) is 23.6 Å². The molecule has 0 radical (unpaired) electrons. The number of esters is 1. The van der Waals surface area contributed by atoms with Crippen molar-refractivity contribution < 1.29 is 19.2 Å². The molecule has 1 aromatic carbocycles. The van der Waals surface area contributed by atoms with Gasteiger partial charge in [0.2, 0.25) is 5.91 Å². The summed E-state index contributed by atoms with van der Waals surface area (Å²) in [4.78, 5) is 34.7. The van der Waals surface area contributed by atoms with Crippen LogP contribution in [0.1, 0.15) is 32.8 Å². The van der Waals surface area contributed by atoms with E-state index in [4.69, 9.17) is 4.74 Å². The molecular formula is C20H28N2O5Si. The Kier molecular flexibility index (Phi) is 7.94. The first kappa shape index (κ1) is 23.4. The quantitative estimate of drug-likeness (QED) is 0.258. The lowest BCUT2D eigenvalue weighted by molar-refractivity contribution is -0.384. The van der Waals surface area contributed by atoms with Crippen LogP contribution in [0.5, 0.6) is 0 Å². The van der Waals surface area contributed by atoms with Crippen LogP contribution < -0.4 is 5.32 Å². The maximum Gasteiger partial charge on any atom is 0.329 e. The number of rotatable bonds is 6. The molecule has 1 aromatic rings. The fourth-order valence-electron chi connectivity index (χ4n) is 2.11. The highest BCUT2D eigenvalue weighted by Crippen LogP contribution is 2.35. The predicted octanol–water partition coefficient (Wildman–Crippen LogP) is 3.24. The van der Waals surface area contributed by atoms with Crippen molar-refractivity contribution in [3.63, 3.8) is 0 Å². The minimum absolute atomic E-state index is 0.0785. The second-order valence-electron chi connectivity index (χ2n) is 8.13. The van der Waals surface area contributed by atoms with Crippen molar-refractivity contribution >= 4 is 25.6 Å². The van der Waals surface area contributed by atoms with Gasteiger partial charge in [0.15, 0.2) is 0 Å². The van der Waals surface area contributed by atoms with Gasteiger partial charge in [-0.3, -0.25) is 14.9 Å². The summed E-state index contributed by atoms with van der Waals surface area (Å²) in [6.07, 6.45) is 0.0741. The highest BCUT2D eigenvalue weighted by Gasteiger charge is 2.33. The Balaban J connectivity index is 2.85. The van der Waals surface area contributed by atoms with E-state index in [0.29, 0.717) is 5.56 Å². The molecule has 0 aliphatic rings. The standard InChI is InChI=1S/C20H28N2O5Si/c1-20(2,3)28(5,6)12-8-11-17(19(24)27-4)21-18(23)14-15-9-7-10-16(13-15)22(25)26/h7,9-10,13,17H,11,14H2,1-6H3,(H,21,23)/t17-/m0/s1. The van der Waals surface area contributed by atoms with Gasteiger partial charge in [-0.1, -0.05) is 46.0 Å². The third-order valence-electron chi connectivity index (χ3n) is 4.89. The topological polar surface area (TPSA) is 98.5 Å². The molecule has 0 saturated carbocycles. The van der Waals surface area contributed by atoms with Gasteiger partial charge in [-0.15, -0.1) is 11.5 Å². The molecule has 0 fully saturated rings. The number of nitrogens with zero attached hydrogens (tertiary/aromatic N) is 1. The van der Waals surface area contributed by atoms with Crippen molar-refractivity contribution in [1.29, 1.82) is 0 Å². The smallest absolute Gasteiger partial charge is 0.329 e. The Bertz CT molecular complexity index is 803. The van der Waals surface area contributed by atoms with Gasteiger partial charge in [-0.2, -0.15) is 0 Å². The molecule has 1 amide bonds. The zero-order chi connectivity index (χ0) is 21.5. The lowest BCUT2D eigenvalue weighted by Gasteiger charge is -2.31. The third kappa shape index (κ3) is 6.81. The summed E-state index contributed by atoms with van der Waals surface area (Å²) >= 11 is 0. The number of methoxy groups -OCH3 is 1. The number of nitrogens with one attached hydrogen (secondary N) is 1. The minimum atomic E-state index is -1.82. The molecule has 8 heteroatoms. The van der Waals surface area contributed by atoms with Crippen LogP contribution in [0.2, 0.25) is 18.1 Å². The van der Waals surface area contributed by atoms with E-state index in [1.54, 1.807) is 6.07 Å². The van der Waals surface area contributed by atoms with Gasteiger partial charge >= 0.3 is 5.97 Å². The molecule has 0 heterocycles. The number of carbonyl (C=O) groups is 2. The summed E-state index contributed by atoms with van der Waals surface area (Å²) in [5.74, 6) is 2.05. The first-order chi connectivity index (χ1) is 12.9. The van der Waals surface area contributed by atoms with Crippen molar-refractivity contribution in [3.05, 3.63) is 39.9 Å². The van der Waals surface area contributed by atoms with Crippen molar-refractivity contribution in [2.75, 3.05) is 7.11 Å². The molecule has 0 aromatic heterocycles. The average molecular weight is 405 g/mol. The Hall–Kier alpha value is -2.66. The number of hydrogen-bond acceptors (Lipinski definition) is 5. The Morgan fingerprint density at radius 2 is 1.96 bits per heavy atom. The van der Waals surface area contributed by atoms with E-state index < -0.39 is 30.9 Å². The maximum atomic E-state index is 12.3. The molecule has 28 heavy (non-hydrogen) atoms. The fraction of sp³-hybridized carbons (Fsp3) is 0.500. The number of ether oxygens (including phenoxy) is 1. The van der Waals surface area contributed by atoms with E-state index in [1.165, 1.54) is 25.3 Å². The lowest BCUT2D eigenvalue weighted by Crippen LogP contribution is -2.42. The van der Waals surface area contributed by atoms with Gasteiger partial charge < -0.3 is 10.1 Å². The molecule has 7 nitrogen and oxygen atoms in total. The SMILES string of the molecule is COC(=O)[C@H](CC#C[Si](C)(C)C(C)(C)C)NC(=O)Cc1cccc([N+](=O)[O-])c1. The fourth-order valence-corrected chi connectivity index (χ4v) is 3.03. The van der Waals surface area contributed by atoms with E-state index in [2.05, 4.69) is 50.6 Å². The molecule has 152 valence electrons. The minimum Gasteiger partial charge on any atom is -0.467 e. The molecule has 1 N–H and O–H groups in total. The molecule has 0 spiro atoms. The van der Waals surface area contributed by atoms with Gasteiger partial charge in [-0.05, 0) is 10.6 Å². The largest absolute Gasteiger partial charge is 0.467 e. The molecule has 0 aliphatic carbocycles. The van der Waals surface area contributed by atoms with Gasteiger partial charge in [0, 0.05) is 18.6 Å². The monoisotopic (exact) mass is 404 g/mol. The van der Waals surface area contributed by atoms with Gasteiger partial charge in [0.05, 0.1) is 18.5 Å². The first-order valence-corrected chi connectivity index (χ1v) is 12.0. The Morgan fingerprint density at radius 3 is 2.50 bits per heavy atom. The molecule has 0 unspecified atom stereocenters. The van der Waals surface area contributed by atoms with Crippen molar-refractivity contribution in [2.24, 2.45) is 0 Å². The molecule has 0 aliphatic heterocycles. The molecule has 0 saturated heterocycles. The van der Waals surface area contributed by atoms with Crippen molar-refractivity contribution in [2.45, 2.75) is 57.8 Å². The number of non-ortho nitro benzene ring substituents is 1. The normalized spacial score (nSPS) is 12.4. The summed E-state index contributed by atoms with van der Waals surface area (Å²) in [6.45, 7) is 10.8. The van der Waals surface area contributed by atoms with Crippen LogP contribution >= 0.6 is 0 Å². The van der Waals surface area contributed by atoms with Gasteiger partial charge in [-0.25, -0.2) is 4.79 Å². The average Bonchev–Trinajstić information content (AvgIpc) is 2.59. The number of nitro benzene ring substituents is 1. The molecule has 0 bridgehead atoms. The molecular weight excluding hydrogens is 376 g/mol. The summed E-state index contributed by atoms with van der Waals surface area (Å²) in [6, 6.07) is 4.95. The highest BCUT2D eigenvalue weighted by molar-refractivity contribution is 6.87. The molecule has 1 atom stereocenters. The third-order valence-corrected chi connectivity index (χ3v) is 9.44. The van der Waals surface area contributed by atoms with Gasteiger partial charge in [0.25, 0.3) is 5.69 Å². The first-order valence-electron chi connectivity index (χ1n) is 8.98. The van der Waals surface area contributed by atoms with E-state index in [1.807, 2.05) is 0 Å². The zero-order valence-corrected chi connectivity index (χ0v) is 18.3. The van der Waals surface area contributed by atoms with E-state index >= 15 is 0 Å². The number of carbonyl (C=O) groups excluding carboxylic acids is 2. The highest BCUT2D eigenvalue weighted by atomic mass is 28.3. The summed E-state index contributed by atoms with van der Waals surface area (Å²) in [7, 11) is -0.571. The van der Waals surface area contributed by atoms with Gasteiger partial charge in [0.1, 0.15) is 14.1 Å². The van der Waals surface area contributed by atoms with Crippen molar-refractivity contribution in [3.8, 4) is 11.5 Å². The van der Waals surface area contributed by atoms with Crippen LogP contribution in [-0.2, 0) is 20.7 Å². The Morgan fingerprint density at radius 1 is 1.32 bits per heavy atom. The van der Waals surface area contributed by atoms with E-state index in [0.717, 1.165) is 0 Å². The summed E-state index contributed by atoms with van der Waals surface area (Å²) in [5.41, 5.74) is 3.71. The van der Waals surface area contributed by atoms with Crippen LogP contribution in [0.4, 0.5) is 5.69 Å². The van der Waals surface area contributed by atoms with Crippen LogP contribution in [0.3, 0.4) is 0 Å². The second kappa shape index (κ2) is 9.51. The zero-order valence-electron chi connectivity index (χ0n) is 17.3. The number of nitro groups is 1. The summed E-state index contributed by atoms with van der Waals surface area (Å²) in [5, 5.41) is 13.6.